The van der Waals surface area contributed by atoms with E-state index < -0.39 is 0 Å². The fourth-order valence-electron chi connectivity index (χ4n) is 3.20. The second-order valence-corrected chi connectivity index (χ2v) is 5.83. The molecule has 0 unspecified atom stereocenters. The molecule has 0 amide bonds. The van der Waals surface area contributed by atoms with E-state index in [-0.39, 0.29) is 0 Å². The quantitative estimate of drug-likeness (QED) is 0.551. The Morgan fingerprint density at radius 2 is 1.65 bits per heavy atom. The Morgan fingerprint density at radius 3 is 2.06 bits per heavy atom. The van der Waals surface area contributed by atoms with Gasteiger partial charge in [0.05, 0.1) is 5.84 Å². The summed E-state index contributed by atoms with van der Waals surface area (Å²) in [6.45, 7) is 3.33. The standard InChI is InChI=1S/C14H27N3/c1-2-11-3-5-12(6-4-11)17(13-7-8-13)10-9-14(15)16/h11-13H,2-10H2,1H3,(H3,15,16). The van der Waals surface area contributed by atoms with Crippen LogP contribution in [-0.2, 0) is 0 Å². The lowest BCUT2D eigenvalue weighted by Crippen LogP contribution is -2.41. The molecule has 2 aliphatic rings. The summed E-state index contributed by atoms with van der Waals surface area (Å²) in [5.41, 5.74) is 5.49. The fourth-order valence-corrected chi connectivity index (χ4v) is 3.20. The van der Waals surface area contributed by atoms with E-state index >= 15 is 0 Å². The summed E-state index contributed by atoms with van der Waals surface area (Å²) in [4.78, 5) is 2.66. The van der Waals surface area contributed by atoms with Crippen LogP contribution in [0.5, 0.6) is 0 Å². The number of nitrogens with zero attached hydrogens (tertiary/aromatic N) is 1. The monoisotopic (exact) mass is 237 g/mol. The zero-order valence-corrected chi connectivity index (χ0v) is 11.1. The van der Waals surface area contributed by atoms with Crippen LogP contribution in [0.3, 0.4) is 0 Å². The molecule has 0 aromatic heterocycles. The van der Waals surface area contributed by atoms with Crippen molar-refractivity contribution in [1.29, 1.82) is 5.41 Å². The molecule has 0 aliphatic heterocycles. The topological polar surface area (TPSA) is 53.1 Å². The van der Waals surface area contributed by atoms with Crippen LogP contribution in [0.25, 0.3) is 0 Å². The SMILES string of the molecule is CCC1CCC(N(CCC(=N)N)C2CC2)CC1. The van der Waals surface area contributed by atoms with Gasteiger partial charge in [-0.15, -0.1) is 0 Å². The highest BCUT2D eigenvalue weighted by Gasteiger charge is 2.35. The van der Waals surface area contributed by atoms with Gasteiger partial charge < -0.3 is 5.73 Å². The van der Waals surface area contributed by atoms with E-state index in [4.69, 9.17) is 11.1 Å². The molecule has 3 heteroatoms. The molecule has 0 saturated heterocycles. The number of rotatable bonds is 6. The average molecular weight is 237 g/mol. The third-order valence-corrected chi connectivity index (χ3v) is 4.52. The second kappa shape index (κ2) is 5.85. The first-order valence-corrected chi connectivity index (χ1v) is 7.29. The molecular formula is C14H27N3. The van der Waals surface area contributed by atoms with Crippen molar-refractivity contribution in [2.75, 3.05) is 6.54 Å². The van der Waals surface area contributed by atoms with Crippen LogP contribution >= 0.6 is 0 Å². The lowest BCUT2D eigenvalue weighted by atomic mass is 9.84. The van der Waals surface area contributed by atoms with Gasteiger partial charge in [-0.05, 0) is 44.4 Å². The number of hydrogen-bond donors (Lipinski definition) is 2. The minimum absolute atomic E-state index is 0.345. The number of hydrogen-bond acceptors (Lipinski definition) is 2. The maximum Gasteiger partial charge on any atom is 0.0918 e. The molecule has 0 radical (unpaired) electrons. The van der Waals surface area contributed by atoms with E-state index in [0.29, 0.717) is 5.84 Å². The van der Waals surface area contributed by atoms with Crippen molar-refractivity contribution < 1.29 is 0 Å². The van der Waals surface area contributed by atoms with Gasteiger partial charge in [0, 0.05) is 25.0 Å². The van der Waals surface area contributed by atoms with Crippen LogP contribution in [0.2, 0.25) is 0 Å². The Hall–Kier alpha value is -0.570. The summed E-state index contributed by atoms with van der Waals surface area (Å²) >= 11 is 0. The molecule has 3 N–H and O–H groups in total. The first-order chi connectivity index (χ1) is 8.20. The van der Waals surface area contributed by atoms with Crippen molar-refractivity contribution in [1.82, 2.24) is 4.90 Å². The highest BCUT2D eigenvalue weighted by molar-refractivity contribution is 5.76. The molecule has 98 valence electrons. The molecule has 3 nitrogen and oxygen atoms in total. The minimum Gasteiger partial charge on any atom is -0.388 e. The van der Waals surface area contributed by atoms with Crippen LogP contribution in [-0.4, -0.2) is 29.4 Å². The molecule has 0 aromatic rings. The van der Waals surface area contributed by atoms with Gasteiger partial charge in [0.1, 0.15) is 0 Å². The molecule has 0 bridgehead atoms. The number of amidine groups is 1. The summed E-state index contributed by atoms with van der Waals surface area (Å²) in [6.07, 6.45) is 10.4. The maximum atomic E-state index is 7.38. The van der Waals surface area contributed by atoms with Gasteiger partial charge in [-0.25, -0.2) is 0 Å². The van der Waals surface area contributed by atoms with Crippen molar-refractivity contribution >= 4 is 5.84 Å². The molecule has 0 atom stereocenters. The van der Waals surface area contributed by atoms with Crippen molar-refractivity contribution in [2.24, 2.45) is 11.7 Å². The zero-order chi connectivity index (χ0) is 12.3. The first-order valence-electron chi connectivity index (χ1n) is 7.29. The summed E-state index contributed by atoms with van der Waals surface area (Å²) in [5, 5.41) is 7.38. The van der Waals surface area contributed by atoms with Crippen LogP contribution in [0, 0.1) is 11.3 Å². The van der Waals surface area contributed by atoms with Gasteiger partial charge in [-0.3, -0.25) is 10.3 Å². The van der Waals surface area contributed by atoms with E-state index in [0.717, 1.165) is 31.0 Å². The predicted octanol–water partition coefficient (Wildman–Crippen LogP) is 2.75. The largest absolute Gasteiger partial charge is 0.388 e. The lowest BCUT2D eigenvalue weighted by Gasteiger charge is -2.37. The highest BCUT2D eigenvalue weighted by Crippen LogP contribution is 2.35. The molecule has 0 aromatic carbocycles. The van der Waals surface area contributed by atoms with E-state index in [2.05, 4.69) is 11.8 Å². The smallest absolute Gasteiger partial charge is 0.0918 e. The summed E-state index contributed by atoms with van der Waals surface area (Å²) in [6, 6.07) is 1.60. The summed E-state index contributed by atoms with van der Waals surface area (Å²) in [7, 11) is 0. The van der Waals surface area contributed by atoms with E-state index in [1.165, 1.54) is 44.9 Å². The molecule has 2 rings (SSSR count). The Kier molecular flexibility index (Phi) is 4.43. The van der Waals surface area contributed by atoms with Gasteiger partial charge in [0.15, 0.2) is 0 Å². The zero-order valence-electron chi connectivity index (χ0n) is 11.1. The molecular weight excluding hydrogens is 210 g/mol. The molecule has 17 heavy (non-hydrogen) atoms. The molecule has 2 saturated carbocycles. The third kappa shape index (κ3) is 3.70. The Labute approximate surface area is 105 Å². The number of nitrogens with one attached hydrogen (secondary N) is 1. The van der Waals surface area contributed by atoms with Crippen LogP contribution in [0.15, 0.2) is 0 Å². The fraction of sp³-hybridized carbons (Fsp3) is 0.929. The van der Waals surface area contributed by atoms with Gasteiger partial charge in [0.25, 0.3) is 0 Å². The normalized spacial score (nSPS) is 29.5. The van der Waals surface area contributed by atoms with E-state index in [9.17, 15) is 0 Å². The Bertz CT molecular complexity index is 252. The van der Waals surface area contributed by atoms with Crippen LogP contribution in [0.1, 0.15) is 58.3 Å². The first kappa shape index (κ1) is 12.9. The van der Waals surface area contributed by atoms with Crippen LogP contribution < -0.4 is 5.73 Å². The van der Waals surface area contributed by atoms with Crippen molar-refractivity contribution in [3.8, 4) is 0 Å². The van der Waals surface area contributed by atoms with E-state index in [1.807, 2.05) is 0 Å². The van der Waals surface area contributed by atoms with E-state index in [1.54, 1.807) is 0 Å². The Morgan fingerprint density at radius 1 is 1.12 bits per heavy atom. The van der Waals surface area contributed by atoms with Gasteiger partial charge in [0.2, 0.25) is 0 Å². The molecule has 2 fully saturated rings. The van der Waals surface area contributed by atoms with Crippen molar-refractivity contribution in [3.63, 3.8) is 0 Å². The van der Waals surface area contributed by atoms with Gasteiger partial charge >= 0.3 is 0 Å². The van der Waals surface area contributed by atoms with Crippen LogP contribution in [0.4, 0.5) is 0 Å². The third-order valence-electron chi connectivity index (χ3n) is 4.52. The lowest BCUT2D eigenvalue weighted by molar-refractivity contribution is 0.130. The Balaban J connectivity index is 1.82. The van der Waals surface area contributed by atoms with Crippen molar-refractivity contribution in [2.45, 2.75) is 70.4 Å². The summed E-state index contributed by atoms with van der Waals surface area (Å²) < 4.78 is 0. The maximum absolute atomic E-state index is 7.38. The summed E-state index contributed by atoms with van der Waals surface area (Å²) in [5.74, 6) is 1.32. The molecule has 0 spiro atoms. The average Bonchev–Trinajstić information content (AvgIpc) is 3.14. The minimum atomic E-state index is 0.345. The van der Waals surface area contributed by atoms with Crippen molar-refractivity contribution in [3.05, 3.63) is 0 Å². The second-order valence-electron chi connectivity index (χ2n) is 5.83. The molecule has 2 aliphatic carbocycles. The number of nitrogens with two attached hydrogens (primary N) is 1. The molecule has 0 heterocycles. The van der Waals surface area contributed by atoms with Gasteiger partial charge in [-0.2, -0.15) is 0 Å². The predicted molar refractivity (Wildman–Crippen MR) is 72.3 cm³/mol. The highest BCUT2D eigenvalue weighted by atomic mass is 15.2. The van der Waals surface area contributed by atoms with Gasteiger partial charge in [-0.1, -0.05) is 13.3 Å².